The number of nitrogens with zero attached hydrogens (tertiary/aromatic N) is 4. The zero-order valence-electron chi connectivity index (χ0n) is 14.2. The summed E-state index contributed by atoms with van der Waals surface area (Å²) in [6, 6.07) is 0.291. The molecule has 1 aromatic rings. The smallest absolute Gasteiger partial charge is 0.191 e. The van der Waals surface area contributed by atoms with Gasteiger partial charge in [-0.1, -0.05) is 12.8 Å². The van der Waals surface area contributed by atoms with Crippen molar-refractivity contribution in [3.63, 3.8) is 0 Å². The summed E-state index contributed by atoms with van der Waals surface area (Å²) in [6.07, 6.45) is 5.89. The molecule has 1 unspecified atom stereocenters. The van der Waals surface area contributed by atoms with Crippen LogP contribution >= 0.6 is 0 Å². The highest BCUT2D eigenvalue weighted by Crippen LogP contribution is 2.29. The van der Waals surface area contributed by atoms with Crippen molar-refractivity contribution in [3.05, 3.63) is 11.6 Å². The van der Waals surface area contributed by atoms with Crippen LogP contribution in [0.25, 0.3) is 0 Å². The predicted octanol–water partition coefficient (Wildman–Crippen LogP) is 0.762. The Balaban J connectivity index is 1.61. The summed E-state index contributed by atoms with van der Waals surface area (Å²) < 4.78 is 1.99. The lowest BCUT2D eigenvalue weighted by Gasteiger charge is -2.26. The van der Waals surface area contributed by atoms with Crippen LogP contribution in [0.5, 0.6) is 0 Å². The fourth-order valence-electron chi connectivity index (χ4n) is 3.48. The molecule has 1 aliphatic carbocycles. The molecule has 0 aromatic carbocycles. The van der Waals surface area contributed by atoms with Gasteiger partial charge in [0.2, 0.25) is 0 Å². The maximum absolute atomic E-state index is 10.5. The van der Waals surface area contributed by atoms with Crippen molar-refractivity contribution in [1.29, 1.82) is 0 Å². The van der Waals surface area contributed by atoms with E-state index in [-0.39, 0.29) is 0 Å². The van der Waals surface area contributed by atoms with Crippen molar-refractivity contribution in [2.75, 3.05) is 13.1 Å². The second kappa shape index (κ2) is 6.86. The molecule has 2 aliphatic rings. The van der Waals surface area contributed by atoms with Gasteiger partial charge >= 0.3 is 0 Å². The summed E-state index contributed by atoms with van der Waals surface area (Å²) in [5, 5.41) is 21.7. The van der Waals surface area contributed by atoms with E-state index in [0.29, 0.717) is 12.6 Å². The Morgan fingerprint density at radius 1 is 1.43 bits per heavy atom. The molecule has 128 valence electrons. The minimum atomic E-state index is -0.606. The molecule has 1 atom stereocenters. The van der Waals surface area contributed by atoms with Crippen LogP contribution < -0.4 is 10.6 Å². The molecule has 1 aliphatic heterocycles. The van der Waals surface area contributed by atoms with E-state index in [1.165, 1.54) is 0 Å². The molecule has 7 nitrogen and oxygen atoms in total. The van der Waals surface area contributed by atoms with Gasteiger partial charge in [0.05, 0.1) is 18.7 Å². The van der Waals surface area contributed by atoms with Crippen LogP contribution in [-0.2, 0) is 13.0 Å². The average molecular weight is 320 g/mol. The van der Waals surface area contributed by atoms with E-state index in [1.807, 2.05) is 11.6 Å². The van der Waals surface area contributed by atoms with E-state index in [9.17, 15) is 5.11 Å². The first-order chi connectivity index (χ1) is 11.1. The third kappa shape index (κ3) is 4.02. The zero-order chi connectivity index (χ0) is 16.3. The molecule has 0 bridgehead atoms. The highest BCUT2D eigenvalue weighted by atomic mass is 16.3. The number of aryl methyl sites for hydroxylation is 2. The number of guanidine groups is 1. The van der Waals surface area contributed by atoms with E-state index in [4.69, 9.17) is 0 Å². The molecule has 1 saturated carbocycles. The molecule has 0 radical (unpaired) electrons. The summed E-state index contributed by atoms with van der Waals surface area (Å²) in [5.41, 5.74) is -0.606. The van der Waals surface area contributed by atoms with Gasteiger partial charge in [0.15, 0.2) is 5.96 Å². The molecule has 7 heteroatoms. The van der Waals surface area contributed by atoms with E-state index in [0.717, 1.165) is 69.2 Å². The lowest BCUT2D eigenvalue weighted by Crippen LogP contribution is -2.47. The molecule has 0 saturated heterocycles. The Bertz CT molecular complexity index is 561. The first-order valence-electron chi connectivity index (χ1n) is 8.75. The van der Waals surface area contributed by atoms with E-state index >= 15 is 0 Å². The maximum atomic E-state index is 10.5. The Labute approximate surface area is 137 Å². The molecule has 23 heavy (non-hydrogen) atoms. The van der Waals surface area contributed by atoms with Crippen LogP contribution in [-0.4, -0.2) is 50.6 Å². The second-order valence-corrected chi connectivity index (χ2v) is 6.76. The number of aliphatic hydroxyl groups is 1. The van der Waals surface area contributed by atoms with Crippen LogP contribution in [0.2, 0.25) is 0 Å². The first-order valence-corrected chi connectivity index (χ1v) is 8.75. The normalized spacial score (nSPS) is 23.6. The van der Waals surface area contributed by atoms with Crippen molar-refractivity contribution in [3.8, 4) is 0 Å². The molecule has 3 N–H and O–H groups in total. The van der Waals surface area contributed by atoms with Gasteiger partial charge in [0.1, 0.15) is 11.6 Å². The summed E-state index contributed by atoms with van der Waals surface area (Å²) >= 11 is 0. The van der Waals surface area contributed by atoms with Crippen molar-refractivity contribution in [2.45, 2.75) is 70.6 Å². The molecule has 0 spiro atoms. The van der Waals surface area contributed by atoms with Crippen LogP contribution in [0, 0.1) is 6.92 Å². The predicted molar refractivity (Wildman–Crippen MR) is 89.4 cm³/mol. The van der Waals surface area contributed by atoms with Gasteiger partial charge in [0.25, 0.3) is 0 Å². The van der Waals surface area contributed by atoms with Crippen molar-refractivity contribution in [1.82, 2.24) is 25.4 Å². The quantitative estimate of drug-likeness (QED) is 0.563. The second-order valence-electron chi connectivity index (χ2n) is 6.76. The number of fused-ring (bicyclic) bond motifs is 1. The Hall–Kier alpha value is -1.63. The van der Waals surface area contributed by atoms with Gasteiger partial charge in [-0.15, -0.1) is 0 Å². The highest BCUT2D eigenvalue weighted by Gasteiger charge is 2.31. The van der Waals surface area contributed by atoms with Crippen molar-refractivity contribution < 1.29 is 5.11 Å². The fourth-order valence-corrected chi connectivity index (χ4v) is 3.48. The number of aromatic nitrogens is 3. The minimum Gasteiger partial charge on any atom is -0.388 e. The topological polar surface area (TPSA) is 87.4 Å². The Kier molecular flexibility index (Phi) is 4.84. The summed E-state index contributed by atoms with van der Waals surface area (Å²) in [7, 11) is 0. The van der Waals surface area contributed by atoms with Gasteiger partial charge in [0, 0.05) is 19.0 Å². The summed E-state index contributed by atoms with van der Waals surface area (Å²) in [4.78, 5) is 9.07. The zero-order valence-corrected chi connectivity index (χ0v) is 14.2. The summed E-state index contributed by atoms with van der Waals surface area (Å²) in [6.45, 7) is 6.08. The molecule has 2 heterocycles. The van der Waals surface area contributed by atoms with Gasteiger partial charge in [-0.25, -0.2) is 9.67 Å². The van der Waals surface area contributed by atoms with Gasteiger partial charge in [-0.3, -0.25) is 4.99 Å². The average Bonchev–Trinajstić information content (AvgIpc) is 3.10. The van der Waals surface area contributed by atoms with Crippen LogP contribution in [0.1, 0.15) is 50.7 Å². The molecular formula is C16H28N6O. The largest absolute Gasteiger partial charge is 0.388 e. The first kappa shape index (κ1) is 16.2. The van der Waals surface area contributed by atoms with E-state index in [2.05, 4.69) is 32.6 Å². The monoisotopic (exact) mass is 320 g/mol. The van der Waals surface area contributed by atoms with Gasteiger partial charge in [-0.05, 0) is 33.1 Å². The molecule has 3 rings (SSSR count). The van der Waals surface area contributed by atoms with E-state index in [1.54, 1.807) is 0 Å². The SMILES string of the molecule is CCNC(=NCC1(O)CCCC1)NC1CCc2nc(C)nn2C1. The number of hydrogen-bond acceptors (Lipinski definition) is 4. The number of aliphatic imine (C=N–C) groups is 1. The summed E-state index contributed by atoms with van der Waals surface area (Å²) in [5.74, 6) is 2.70. The maximum Gasteiger partial charge on any atom is 0.191 e. The Morgan fingerprint density at radius 2 is 2.22 bits per heavy atom. The van der Waals surface area contributed by atoms with Crippen molar-refractivity contribution >= 4 is 5.96 Å². The highest BCUT2D eigenvalue weighted by molar-refractivity contribution is 5.80. The van der Waals surface area contributed by atoms with Gasteiger partial charge < -0.3 is 15.7 Å². The lowest BCUT2D eigenvalue weighted by atomic mass is 10.0. The van der Waals surface area contributed by atoms with Gasteiger partial charge in [-0.2, -0.15) is 5.10 Å². The van der Waals surface area contributed by atoms with Crippen LogP contribution in [0.4, 0.5) is 0 Å². The van der Waals surface area contributed by atoms with Crippen LogP contribution in [0.3, 0.4) is 0 Å². The van der Waals surface area contributed by atoms with Crippen molar-refractivity contribution in [2.24, 2.45) is 4.99 Å². The van der Waals surface area contributed by atoms with Crippen LogP contribution in [0.15, 0.2) is 4.99 Å². The third-order valence-corrected chi connectivity index (χ3v) is 4.71. The molecule has 1 fully saturated rings. The lowest BCUT2D eigenvalue weighted by molar-refractivity contribution is 0.0574. The molecule has 1 aromatic heterocycles. The fraction of sp³-hybridized carbons (Fsp3) is 0.812. The number of rotatable bonds is 4. The minimum absolute atomic E-state index is 0.291. The number of hydrogen-bond donors (Lipinski definition) is 3. The number of nitrogens with one attached hydrogen (secondary N) is 2. The molecule has 0 amide bonds. The molecular weight excluding hydrogens is 292 g/mol. The third-order valence-electron chi connectivity index (χ3n) is 4.71. The van der Waals surface area contributed by atoms with E-state index < -0.39 is 5.60 Å². The standard InChI is InChI=1S/C16H28N6O/c1-3-17-15(18-11-16(23)8-4-5-9-16)20-13-6-7-14-19-12(2)21-22(14)10-13/h13,23H,3-11H2,1-2H3,(H2,17,18,20). The Morgan fingerprint density at radius 3 is 2.96 bits per heavy atom.